The van der Waals surface area contributed by atoms with Crippen molar-refractivity contribution in [3.8, 4) is 5.75 Å². The van der Waals surface area contributed by atoms with Gasteiger partial charge < -0.3 is 15.4 Å². The predicted octanol–water partition coefficient (Wildman–Crippen LogP) is 3.80. The van der Waals surface area contributed by atoms with Gasteiger partial charge in [0.25, 0.3) is 5.91 Å². The van der Waals surface area contributed by atoms with Crippen molar-refractivity contribution in [3.63, 3.8) is 0 Å². The van der Waals surface area contributed by atoms with E-state index in [-0.39, 0.29) is 11.9 Å². The highest BCUT2D eigenvalue weighted by atomic mass is 16.5. The van der Waals surface area contributed by atoms with Crippen molar-refractivity contribution in [2.45, 2.75) is 45.4 Å². The number of anilines is 1. The second kappa shape index (κ2) is 7.05. The molecule has 2 atom stereocenters. The summed E-state index contributed by atoms with van der Waals surface area (Å²) in [6.07, 6.45) is 1.08. The van der Waals surface area contributed by atoms with Gasteiger partial charge in [0.05, 0.1) is 12.2 Å². The van der Waals surface area contributed by atoms with Crippen LogP contribution in [0.1, 0.15) is 43.9 Å². The Hall–Kier alpha value is -2.33. The van der Waals surface area contributed by atoms with Crippen molar-refractivity contribution in [2.24, 2.45) is 5.73 Å². The average Bonchev–Trinajstić information content (AvgIpc) is 2.63. The maximum atomic E-state index is 12.8. The lowest BCUT2D eigenvalue weighted by atomic mass is 10.0. The van der Waals surface area contributed by atoms with E-state index >= 15 is 0 Å². The Morgan fingerprint density at radius 2 is 1.92 bits per heavy atom. The standard InChI is InChI=1S/C20H24N2O2/c1-3-16(21)15-10-11-19-17(12-15)22(20(23)18(4-2)24-19)13-14-8-6-5-7-9-14/h5-12,16,18H,3-4,13,21H2,1-2H3. The quantitative estimate of drug-likeness (QED) is 0.910. The lowest BCUT2D eigenvalue weighted by Crippen LogP contribution is -2.45. The summed E-state index contributed by atoms with van der Waals surface area (Å²) in [6, 6.07) is 15.9. The molecule has 0 aromatic heterocycles. The van der Waals surface area contributed by atoms with Gasteiger partial charge in [0.1, 0.15) is 5.75 Å². The van der Waals surface area contributed by atoms with Gasteiger partial charge in [-0.1, -0.05) is 50.2 Å². The lowest BCUT2D eigenvalue weighted by molar-refractivity contribution is -0.126. The van der Waals surface area contributed by atoms with E-state index in [4.69, 9.17) is 10.5 Å². The molecule has 3 rings (SSSR count). The van der Waals surface area contributed by atoms with Gasteiger partial charge in [-0.3, -0.25) is 4.79 Å². The van der Waals surface area contributed by atoms with E-state index in [1.165, 1.54) is 0 Å². The van der Waals surface area contributed by atoms with Crippen molar-refractivity contribution in [2.75, 3.05) is 4.90 Å². The molecule has 1 aliphatic heterocycles. The van der Waals surface area contributed by atoms with Gasteiger partial charge in [-0.05, 0) is 36.1 Å². The summed E-state index contributed by atoms with van der Waals surface area (Å²) in [6.45, 7) is 4.56. The highest BCUT2D eigenvalue weighted by Crippen LogP contribution is 2.37. The lowest BCUT2D eigenvalue weighted by Gasteiger charge is -2.34. The Labute approximate surface area is 143 Å². The number of carbonyl (C=O) groups is 1. The molecule has 4 nitrogen and oxygen atoms in total. The van der Waals surface area contributed by atoms with E-state index in [9.17, 15) is 4.79 Å². The number of hydrogen-bond acceptors (Lipinski definition) is 3. The fraction of sp³-hybridized carbons (Fsp3) is 0.350. The minimum Gasteiger partial charge on any atom is -0.478 e. The fourth-order valence-corrected chi connectivity index (χ4v) is 2.99. The summed E-state index contributed by atoms with van der Waals surface area (Å²) in [7, 11) is 0. The molecule has 2 unspecified atom stereocenters. The summed E-state index contributed by atoms with van der Waals surface area (Å²) < 4.78 is 5.90. The molecule has 126 valence electrons. The van der Waals surface area contributed by atoms with Crippen molar-refractivity contribution < 1.29 is 9.53 Å². The fourth-order valence-electron chi connectivity index (χ4n) is 2.99. The topological polar surface area (TPSA) is 55.6 Å². The van der Waals surface area contributed by atoms with Crippen LogP contribution in [0.2, 0.25) is 0 Å². The van der Waals surface area contributed by atoms with Crippen LogP contribution >= 0.6 is 0 Å². The van der Waals surface area contributed by atoms with Crippen LogP contribution in [0.5, 0.6) is 5.75 Å². The Bertz CT molecular complexity index is 715. The second-order valence-corrected chi connectivity index (χ2v) is 6.17. The van der Waals surface area contributed by atoms with Crippen LogP contribution in [-0.2, 0) is 11.3 Å². The van der Waals surface area contributed by atoms with Crippen LogP contribution in [-0.4, -0.2) is 12.0 Å². The van der Waals surface area contributed by atoms with Crippen LogP contribution in [0.3, 0.4) is 0 Å². The van der Waals surface area contributed by atoms with Crippen molar-refractivity contribution >= 4 is 11.6 Å². The summed E-state index contributed by atoms with van der Waals surface area (Å²) in [5, 5.41) is 0. The van der Waals surface area contributed by atoms with Crippen LogP contribution in [0.15, 0.2) is 48.5 Å². The number of hydrogen-bond donors (Lipinski definition) is 1. The first-order chi connectivity index (χ1) is 11.6. The first kappa shape index (κ1) is 16.5. The third kappa shape index (κ3) is 3.15. The molecule has 2 N–H and O–H groups in total. The average molecular weight is 324 g/mol. The van der Waals surface area contributed by atoms with E-state index in [1.54, 1.807) is 0 Å². The molecule has 2 aromatic carbocycles. The highest BCUT2D eigenvalue weighted by Gasteiger charge is 2.33. The van der Waals surface area contributed by atoms with Crippen LogP contribution < -0.4 is 15.4 Å². The first-order valence-electron chi connectivity index (χ1n) is 8.55. The minimum absolute atomic E-state index is 0.0103. The SMILES string of the molecule is CCC1Oc2ccc(C(N)CC)cc2N(Cc2ccccc2)C1=O. The Kier molecular flexibility index (Phi) is 4.86. The van der Waals surface area contributed by atoms with Crippen LogP contribution in [0, 0.1) is 0 Å². The number of nitrogens with two attached hydrogens (primary N) is 1. The second-order valence-electron chi connectivity index (χ2n) is 6.17. The Balaban J connectivity index is 2.01. The molecule has 0 aliphatic carbocycles. The summed E-state index contributed by atoms with van der Waals surface area (Å²) in [5.41, 5.74) is 9.11. The monoisotopic (exact) mass is 324 g/mol. The molecule has 0 radical (unpaired) electrons. The molecule has 1 heterocycles. The van der Waals surface area contributed by atoms with Crippen molar-refractivity contribution in [1.29, 1.82) is 0 Å². The van der Waals surface area contributed by atoms with Gasteiger partial charge in [-0.2, -0.15) is 0 Å². The number of fused-ring (bicyclic) bond motifs is 1. The van der Waals surface area contributed by atoms with Crippen LogP contribution in [0.25, 0.3) is 0 Å². The Morgan fingerprint density at radius 3 is 2.58 bits per heavy atom. The van der Waals surface area contributed by atoms with Crippen LogP contribution in [0.4, 0.5) is 5.69 Å². The van der Waals surface area contributed by atoms with Crippen molar-refractivity contribution in [1.82, 2.24) is 0 Å². The van der Waals surface area contributed by atoms with E-state index in [0.717, 1.165) is 29.0 Å². The zero-order valence-electron chi connectivity index (χ0n) is 14.2. The number of nitrogens with zero attached hydrogens (tertiary/aromatic N) is 1. The van der Waals surface area contributed by atoms with Gasteiger partial charge in [0.15, 0.2) is 6.10 Å². The highest BCUT2D eigenvalue weighted by molar-refractivity contribution is 6.00. The van der Waals surface area contributed by atoms with Gasteiger partial charge in [0, 0.05) is 6.04 Å². The summed E-state index contributed by atoms with van der Waals surface area (Å²) in [5.74, 6) is 0.764. The minimum atomic E-state index is -0.424. The zero-order chi connectivity index (χ0) is 17.1. The molecular weight excluding hydrogens is 300 g/mol. The number of rotatable bonds is 5. The van der Waals surface area contributed by atoms with Crippen molar-refractivity contribution in [3.05, 3.63) is 59.7 Å². The van der Waals surface area contributed by atoms with E-state index in [0.29, 0.717) is 13.0 Å². The van der Waals surface area contributed by atoms with Gasteiger partial charge in [-0.25, -0.2) is 0 Å². The maximum absolute atomic E-state index is 12.8. The number of amides is 1. The number of benzene rings is 2. The largest absolute Gasteiger partial charge is 0.478 e. The third-order valence-electron chi connectivity index (χ3n) is 4.51. The zero-order valence-corrected chi connectivity index (χ0v) is 14.2. The normalized spacial score (nSPS) is 18.0. The molecule has 0 saturated heterocycles. The molecule has 0 bridgehead atoms. The molecular formula is C20H24N2O2. The first-order valence-corrected chi connectivity index (χ1v) is 8.55. The number of ether oxygens (including phenoxy) is 1. The van der Waals surface area contributed by atoms with Gasteiger partial charge in [-0.15, -0.1) is 0 Å². The van der Waals surface area contributed by atoms with E-state index in [2.05, 4.69) is 6.92 Å². The molecule has 0 spiro atoms. The molecule has 1 aliphatic rings. The number of carbonyl (C=O) groups excluding carboxylic acids is 1. The third-order valence-corrected chi connectivity index (χ3v) is 4.51. The van der Waals surface area contributed by atoms with E-state index in [1.807, 2.05) is 60.4 Å². The predicted molar refractivity (Wildman–Crippen MR) is 96.0 cm³/mol. The van der Waals surface area contributed by atoms with Gasteiger partial charge in [0.2, 0.25) is 0 Å². The molecule has 1 amide bonds. The molecule has 2 aromatic rings. The van der Waals surface area contributed by atoms with E-state index < -0.39 is 6.10 Å². The smallest absolute Gasteiger partial charge is 0.268 e. The Morgan fingerprint density at radius 1 is 1.17 bits per heavy atom. The molecule has 0 saturated carbocycles. The molecule has 4 heteroatoms. The maximum Gasteiger partial charge on any atom is 0.268 e. The van der Waals surface area contributed by atoms with Gasteiger partial charge >= 0.3 is 0 Å². The molecule has 0 fully saturated rings. The summed E-state index contributed by atoms with van der Waals surface area (Å²) >= 11 is 0. The molecule has 24 heavy (non-hydrogen) atoms. The summed E-state index contributed by atoms with van der Waals surface area (Å²) in [4.78, 5) is 14.7.